The fourth-order valence-electron chi connectivity index (χ4n) is 3.32. The van der Waals surface area contributed by atoms with Gasteiger partial charge in [0.1, 0.15) is 0 Å². The van der Waals surface area contributed by atoms with E-state index >= 15 is 0 Å². The Labute approximate surface area is 146 Å². The molecule has 0 radical (unpaired) electrons. The van der Waals surface area contributed by atoms with Gasteiger partial charge in [0.15, 0.2) is 0 Å². The van der Waals surface area contributed by atoms with E-state index in [-0.39, 0.29) is 17.6 Å². The van der Waals surface area contributed by atoms with E-state index in [2.05, 4.69) is 4.57 Å². The number of nitrogens with zero attached hydrogens (tertiary/aromatic N) is 2. The molecule has 0 saturated heterocycles. The minimum atomic E-state index is -0.314. The first-order valence-electron chi connectivity index (χ1n) is 8.39. The normalized spacial score (nSPS) is 12.3. The Balaban J connectivity index is 2.22. The van der Waals surface area contributed by atoms with Crippen molar-refractivity contribution < 1.29 is 9.53 Å². The van der Waals surface area contributed by atoms with Crippen LogP contribution < -0.4 is 5.56 Å². The Morgan fingerprint density at radius 3 is 2.64 bits per heavy atom. The first-order chi connectivity index (χ1) is 12.0. The largest absolute Gasteiger partial charge is 0.462 e. The van der Waals surface area contributed by atoms with E-state index in [1.54, 1.807) is 30.8 Å². The number of hydrogen-bond donors (Lipinski definition) is 0. The summed E-state index contributed by atoms with van der Waals surface area (Å²) >= 11 is 0. The van der Waals surface area contributed by atoms with Gasteiger partial charge in [-0.25, -0.2) is 4.79 Å². The number of carbonyl (C=O) groups is 1. The monoisotopic (exact) mass is 338 g/mol. The summed E-state index contributed by atoms with van der Waals surface area (Å²) in [6.45, 7) is 6.09. The van der Waals surface area contributed by atoms with Gasteiger partial charge in [-0.05, 0) is 38.5 Å². The van der Waals surface area contributed by atoms with Crippen LogP contribution in [0.25, 0.3) is 10.9 Å². The van der Waals surface area contributed by atoms with E-state index in [4.69, 9.17) is 4.74 Å². The molecule has 0 aliphatic carbocycles. The SMILES string of the molecule is CCOC(=O)c1c(C)n(C(C)c2ccn(C)c(=O)c2)c2ccccc12. The third kappa shape index (κ3) is 2.86. The molecule has 1 atom stereocenters. The molecule has 1 aromatic carbocycles. The van der Waals surface area contributed by atoms with E-state index < -0.39 is 0 Å². The highest BCUT2D eigenvalue weighted by Gasteiger charge is 2.23. The zero-order valence-electron chi connectivity index (χ0n) is 14.9. The lowest BCUT2D eigenvalue weighted by Crippen LogP contribution is -2.18. The molecular formula is C20H22N2O3. The number of aryl methyl sites for hydroxylation is 1. The lowest BCUT2D eigenvalue weighted by molar-refractivity contribution is 0.0527. The zero-order chi connectivity index (χ0) is 18.1. The van der Waals surface area contributed by atoms with Gasteiger partial charge in [0.2, 0.25) is 0 Å². The molecule has 5 nitrogen and oxygen atoms in total. The summed E-state index contributed by atoms with van der Waals surface area (Å²) in [5, 5.41) is 0.870. The van der Waals surface area contributed by atoms with Gasteiger partial charge in [0, 0.05) is 35.9 Å². The van der Waals surface area contributed by atoms with E-state index in [1.165, 1.54) is 0 Å². The third-order valence-electron chi connectivity index (χ3n) is 4.63. The smallest absolute Gasteiger partial charge is 0.340 e. The minimum Gasteiger partial charge on any atom is -0.462 e. The second-order valence-electron chi connectivity index (χ2n) is 6.15. The molecule has 0 spiro atoms. The second kappa shape index (κ2) is 6.59. The lowest BCUT2D eigenvalue weighted by atomic mass is 10.1. The van der Waals surface area contributed by atoms with E-state index in [9.17, 15) is 9.59 Å². The van der Waals surface area contributed by atoms with Gasteiger partial charge < -0.3 is 13.9 Å². The number of benzene rings is 1. The van der Waals surface area contributed by atoms with Gasteiger partial charge in [-0.3, -0.25) is 4.79 Å². The predicted octanol–water partition coefficient (Wildman–Crippen LogP) is 3.43. The van der Waals surface area contributed by atoms with Crippen LogP contribution in [-0.2, 0) is 11.8 Å². The summed E-state index contributed by atoms with van der Waals surface area (Å²) < 4.78 is 8.88. The summed E-state index contributed by atoms with van der Waals surface area (Å²) in [5.74, 6) is -0.314. The second-order valence-corrected chi connectivity index (χ2v) is 6.15. The fraction of sp³-hybridized carbons (Fsp3) is 0.300. The maximum atomic E-state index is 12.5. The van der Waals surface area contributed by atoms with Gasteiger partial charge in [0.25, 0.3) is 5.56 Å². The number of hydrogen-bond acceptors (Lipinski definition) is 3. The molecule has 25 heavy (non-hydrogen) atoms. The average Bonchev–Trinajstić information content (AvgIpc) is 2.89. The molecule has 130 valence electrons. The highest BCUT2D eigenvalue weighted by atomic mass is 16.5. The quantitative estimate of drug-likeness (QED) is 0.685. The van der Waals surface area contributed by atoms with Crippen LogP contribution in [0.4, 0.5) is 0 Å². The standard InChI is InChI=1S/C20H22N2O3/c1-5-25-20(24)19-14(3)22(17-9-7-6-8-16(17)19)13(2)15-10-11-21(4)18(23)12-15/h6-13H,5H2,1-4H3. The highest BCUT2D eigenvalue weighted by molar-refractivity contribution is 6.06. The van der Waals surface area contributed by atoms with Crippen molar-refractivity contribution in [1.82, 2.24) is 9.13 Å². The number of rotatable bonds is 4. The first-order valence-corrected chi connectivity index (χ1v) is 8.39. The molecule has 0 bridgehead atoms. The van der Waals surface area contributed by atoms with Crippen molar-refractivity contribution in [2.75, 3.05) is 6.61 Å². The van der Waals surface area contributed by atoms with Crippen molar-refractivity contribution in [2.24, 2.45) is 7.05 Å². The summed E-state index contributed by atoms with van der Waals surface area (Å²) in [5.41, 5.74) is 3.24. The number of carbonyl (C=O) groups excluding carboxylic acids is 1. The van der Waals surface area contributed by atoms with Gasteiger partial charge >= 0.3 is 5.97 Å². The lowest BCUT2D eigenvalue weighted by Gasteiger charge is -2.18. The number of para-hydroxylation sites is 1. The maximum absolute atomic E-state index is 12.5. The molecule has 0 N–H and O–H groups in total. The molecule has 0 amide bonds. The Morgan fingerprint density at radius 1 is 1.24 bits per heavy atom. The molecule has 0 saturated carbocycles. The van der Waals surface area contributed by atoms with Crippen molar-refractivity contribution in [2.45, 2.75) is 26.8 Å². The van der Waals surface area contributed by atoms with Crippen LogP contribution in [0.5, 0.6) is 0 Å². The van der Waals surface area contributed by atoms with Crippen molar-refractivity contribution in [3.63, 3.8) is 0 Å². The van der Waals surface area contributed by atoms with Crippen LogP contribution in [0, 0.1) is 6.92 Å². The van der Waals surface area contributed by atoms with Crippen molar-refractivity contribution in [1.29, 1.82) is 0 Å². The molecule has 0 aliphatic heterocycles. The first kappa shape index (κ1) is 17.0. The third-order valence-corrected chi connectivity index (χ3v) is 4.63. The van der Waals surface area contributed by atoms with Crippen molar-refractivity contribution >= 4 is 16.9 Å². The number of fused-ring (bicyclic) bond motifs is 1. The van der Waals surface area contributed by atoms with Gasteiger partial charge in [-0.2, -0.15) is 0 Å². The summed E-state index contributed by atoms with van der Waals surface area (Å²) in [4.78, 5) is 24.5. The van der Waals surface area contributed by atoms with Crippen LogP contribution in [0.1, 0.15) is 41.5 Å². The van der Waals surface area contributed by atoms with Crippen molar-refractivity contribution in [3.8, 4) is 0 Å². The number of pyridine rings is 1. The molecule has 0 aliphatic rings. The van der Waals surface area contributed by atoms with Gasteiger partial charge in [-0.1, -0.05) is 18.2 Å². The average molecular weight is 338 g/mol. The Hall–Kier alpha value is -2.82. The topological polar surface area (TPSA) is 53.2 Å². The van der Waals surface area contributed by atoms with Crippen LogP contribution >= 0.6 is 0 Å². The maximum Gasteiger partial charge on any atom is 0.340 e. The molecule has 5 heteroatoms. The molecule has 3 aromatic rings. The van der Waals surface area contributed by atoms with Gasteiger partial charge in [0.05, 0.1) is 18.2 Å². The number of ether oxygens (including phenoxy) is 1. The van der Waals surface area contributed by atoms with Gasteiger partial charge in [-0.15, -0.1) is 0 Å². The van der Waals surface area contributed by atoms with Crippen LogP contribution in [0.3, 0.4) is 0 Å². The van der Waals surface area contributed by atoms with Crippen LogP contribution in [0.2, 0.25) is 0 Å². The molecule has 2 heterocycles. The Morgan fingerprint density at radius 2 is 1.96 bits per heavy atom. The van der Waals surface area contributed by atoms with Crippen LogP contribution in [0.15, 0.2) is 47.4 Å². The van der Waals surface area contributed by atoms with E-state index in [1.807, 2.05) is 44.2 Å². The summed E-state index contributed by atoms with van der Waals surface area (Å²) in [6, 6.07) is 11.3. The Kier molecular flexibility index (Phi) is 4.49. The van der Waals surface area contributed by atoms with Crippen LogP contribution in [-0.4, -0.2) is 21.7 Å². The van der Waals surface area contributed by atoms with E-state index in [0.717, 1.165) is 22.2 Å². The van der Waals surface area contributed by atoms with E-state index in [0.29, 0.717) is 12.2 Å². The minimum absolute atomic E-state index is 0.0518. The molecule has 2 aromatic heterocycles. The summed E-state index contributed by atoms with van der Waals surface area (Å²) in [6.07, 6.45) is 1.77. The molecule has 0 fully saturated rings. The highest BCUT2D eigenvalue weighted by Crippen LogP contribution is 2.31. The predicted molar refractivity (Wildman–Crippen MR) is 98.1 cm³/mol. The molecular weight excluding hydrogens is 316 g/mol. The van der Waals surface area contributed by atoms with Crippen molar-refractivity contribution in [3.05, 3.63) is 69.8 Å². The molecule has 3 rings (SSSR count). The summed E-state index contributed by atoms with van der Waals surface area (Å²) in [7, 11) is 1.73. The zero-order valence-corrected chi connectivity index (χ0v) is 14.9. The molecule has 1 unspecified atom stereocenters. The number of esters is 1. The Bertz CT molecular complexity index is 998. The fourth-order valence-corrected chi connectivity index (χ4v) is 3.32. The number of aromatic nitrogens is 2.